The van der Waals surface area contributed by atoms with E-state index in [0.717, 1.165) is 17.2 Å². The molecule has 2 unspecified atom stereocenters. The summed E-state index contributed by atoms with van der Waals surface area (Å²) in [6.07, 6.45) is -9.01. The van der Waals surface area contributed by atoms with E-state index in [-0.39, 0.29) is 33.8 Å². The summed E-state index contributed by atoms with van der Waals surface area (Å²) < 4.78 is 53.7. The second-order valence-electron chi connectivity index (χ2n) is 10.3. The van der Waals surface area contributed by atoms with Crippen molar-refractivity contribution in [3.8, 4) is 0 Å². The molecular weight excluding hydrogens is 676 g/mol. The number of carbonyl (C=O) groups is 1. The first-order chi connectivity index (χ1) is 22.3. The summed E-state index contributed by atoms with van der Waals surface area (Å²) in [7, 11) is -8.54. The number of carbonyl (C=O) groups excluding carboxylic acids is 1. The Bertz CT molecular complexity index is 1950. The number of nitrogen functional groups attached to an aromatic ring is 1. The number of aliphatic hydroxyl groups excluding tert-OH is 3. The molecule has 0 bridgehead atoms. The summed E-state index contributed by atoms with van der Waals surface area (Å²) >= 11 is 0. The van der Waals surface area contributed by atoms with Crippen molar-refractivity contribution in [2.45, 2.75) is 49.1 Å². The molecule has 0 aliphatic carbocycles. The van der Waals surface area contributed by atoms with Crippen LogP contribution in [0.1, 0.15) is 22.8 Å². The minimum Gasteiger partial charge on any atom is -0.394 e. The molecule has 25 heteroatoms. The first-order valence-electron chi connectivity index (χ1n) is 13.4. The molecule has 0 aromatic carbocycles. The molecule has 4 aromatic rings. The molecule has 2 aliphatic rings. The lowest BCUT2D eigenvalue weighted by Gasteiger charge is -2.24. The van der Waals surface area contributed by atoms with Crippen LogP contribution in [-0.4, -0.2) is 115 Å². The van der Waals surface area contributed by atoms with E-state index in [1.165, 1.54) is 16.8 Å². The lowest BCUT2D eigenvalue weighted by molar-refractivity contribution is -0.0609. The normalized spacial score (nSPS) is 29.4. The Balaban J connectivity index is 1.23. The number of amides is 1. The molecule has 6 heterocycles. The highest BCUT2D eigenvalue weighted by Crippen LogP contribution is 2.50. The number of nitrogens with two attached hydrogens (primary N) is 2. The van der Waals surface area contributed by atoms with E-state index in [1.807, 2.05) is 0 Å². The number of nitrogens with zero attached hydrogens (tertiary/aromatic N) is 6. The van der Waals surface area contributed by atoms with Crippen molar-refractivity contribution < 1.29 is 62.1 Å². The summed E-state index contributed by atoms with van der Waals surface area (Å²) in [6.45, 7) is -1.63. The molecule has 6 rings (SSSR count). The molecule has 0 radical (unpaired) electrons. The number of nitrogens with one attached hydrogen (secondary N) is 1. The van der Waals surface area contributed by atoms with E-state index in [4.69, 9.17) is 34.5 Å². The van der Waals surface area contributed by atoms with Gasteiger partial charge in [0.05, 0.1) is 31.4 Å². The van der Waals surface area contributed by atoms with Gasteiger partial charge in [-0.15, -0.1) is 9.42 Å². The Morgan fingerprint density at radius 1 is 1.06 bits per heavy atom. The van der Waals surface area contributed by atoms with E-state index in [1.54, 1.807) is 0 Å². The van der Waals surface area contributed by atoms with Crippen LogP contribution in [0.4, 0.5) is 5.95 Å². The van der Waals surface area contributed by atoms with Gasteiger partial charge >= 0.3 is 16.1 Å². The maximum absolute atomic E-state index is 13.2. The van der Waals surface area contributed by atoms with E-state index in [0.29, 0.717) is 0 Å². The lowest BCUT2D eigenvalue weighted by atomic mass is 10.1. The number of phosphoric acid groups is 1. The predicted molar refractivity (Wildman–Crippen MR) is 151 cm³/mol. The third kappa shape index (κ3) is 6.15. The SMILES string of the molecule is NC(=O)c1ccnc2c1ncn2[C@@H]1O[C@H](COP(=O)(O)O[C@@H]2[C@H](O)[C@@H](CO)O[C@H]2n2cnc3c(=O)[nH]c(N)nc32)[C@@H](O[P+](=O)O)[C@H]1O. The van der Waals surface area contributed by atoms with Gasteiger partial charge in [-0.1, -0.05) is 0 Å². The van der Waals surface area contributed by atoms with Gasteiger partial charge in [-0.05, 0) is 6.07 Å². The van der Waals surface area contributed by atoms with Gasteiger partial charge in [0.2, 0.25) is 5.95 Å². The first kappa shape index (κ1) is 33.1. The number of hydrogen-bond donors (Lipinski definition) is 8. The number of aromatic nitrogens is 7. The zero-order chi connectivity index (χ0) is 33.8. The summed E-state index contributed by atoms with van der Waals surface area (Å²) in [5.74, 6) is -1.10. The van der Waals surface area contributed by atoms with Crippen molar-refractivity contribution in [2.75, 3.05) is 18.9 Å². The number of phosphoric ester groups is 1. The van der Waals surface area contributed by atoms with Gasteiger partial charge in [0.25, 0.3) is 11.5 Å². The number of anilines is 1. The van der Waals surface area contributed by atoms with Crippen LogP contribution in [-0.2, 0) is 32.2 Å². The predicted octanol–water partition coefficient (Wildman–Crippen LogP) is -2.71. The fourth-order valence-corrected chi connectivity index (χ4v) is 6.73. The fraction of sp³-hybridized carbons (Fsp3) is 0.455. The number of rotatable bonds is 11. The van der Waals surface area contributed by atoms with Gasteiger partial charge in [-0.2, -0.15) is 4.98 Å². The minimum absolute atomic E-state index is 0.0142. The second-order valence-corrected chi connectivity index (χ2v) is 12.4. The number of aliphatic hydroxyl groups is 3. The number of primary amides is 1. The molecule has 10 atom stereocenters. The van der Waals surface area contributed by atoms with Crippen LogP contribution in [0.2, 0.25) is 0 Å². The number of fused-ring (bicyclic) bond motifs is 2. The second kappa shape index (κ2) is 12.6. The third-order valence-corrected chi connectivity index (χ3v) is 8.81. The average Bonchev–Trinajstić information content (AvgIpc) is 3.76. The maximum atomic E-state index is 13.2. The smallest absolute Gasteiger partial charge is 0.394 e. The van der Waals surface area contributed by atoms with Gasteiger partial charge in [0.1, 0.15) is 36.0 Å². The van der Waals surface area contributed by atoms with Gasteiger partial charge in [0, 0.05) is 10.8 Å². The zero-order valence-electron chi connectivity index (χ0n) is 23.5. The average molecular weight is 702 g/mol. The Hall–Kier alpha value is -3.83. The van der Waals surface area contributed by atoms with Crippen LogP contribution >= 0.6 is 16.1 Å². The first-order valence-corrected chi connectivity index (χ1v) is 16.0. The number of ether oxygens (including phenoxy) is 2. The van der Waals surface area contributed by atoms with Crippen molar-refractivity contribution in [3.05, 3.63) is 40.8 Å². The molecule has 47 heavy (non-hydrogen) atoms. The molecule has 4 aromatic heterocycles. The Labute approximate surface area is 261 Å². The van der Waals surface area contributed by atoms with Crippen LogP contribution in [0.3, 0.4) is 0 Å². The Kier molecular flexibility index (Phi) is 8.90. The molecule has 23 nitrogen and oxygen atoms in total. The van der Waals surface area contributed by atoms with Crippen molar-refractivity contribution >= 4 is 50.3 Å². The highest BCUT2D eigenvalue weighted by atomic mass is 31.2. The van der Waals surface area contributed by atoms with Gasteiger partial charge < -0.3 is 41.2 Å². The number of H-pyrrole nitrogens is 1. The molecule has 1 amide bonds. The van der Waals surface area contributed by atoms with Crippen LogP contribution < -0.4 is 17.0 Å². The monoisotopic (exact) mass is 702 g/mol. The molecule has 2 fully saturated rings. The topological polar surface area (TPSA) is 345 Å². The molecular formula is C22H26N9O14P2+. The molecule has 2 aliphatic heterocycles. The maximum Gasteiger partial charge on any atom is 0.695 e. The number of imidazole rings is 2. The van der Waals surface area contributed by atoms with Gasteiger partial charge in [0.15, 0.2) is 35.4 Å². The molecule has 10 N–H and O–H groups in total. The zero-order valence-corrected chi connectivity index (χ0v) is 25.3. The molecule has 2 saturated heterocycles. The fourth-order valence-electron chi connectivity index (χ4n) is 5.32. The van der Waals surface area contributed by atoms with E-state index >= 15 is 0 Å². The van der Waals surface area contributed by atoms with E-state index in [9.17, 15) is 43.8 Å². The van der Waals surface area contributed by atoms with Gasteiger partial charge in [-0.25, -0.2) is 19.5 Å². The largest absolute Gasteiger partial charge is 0.695 e. The third-order valence-electron chi connectivity index (χ3n) is 7.40. The summed E-state index contributed by atoms with van der Waals surface area (Å²) in [4.78, 5) is 62.5. The van der Waals surface area contributed by atoms with Crippen molar-refractivity contribution in [2.24, 2.45) is 5.73 Å². The number of aromatic amines is 1. The minimum atomic E-state index is -5.21. The van der Waals surface area contributed by atoms with Gasteiger partial charge in [-0.3, -0.25) is 32.8 Å². The van der Waals surface area contributed by atoms with Crippen LogP contribution in [0.15, 0.2) is 29.7 Å². The van der Waals surface area contributed by atoms with Crippen molar-refractivity contribution in [3.63, 3.8) is 0 Å². The summed E-state index contributed by atoms with van der Waals surface area (Å²) in [6, 6.07) is 1.33. The number of hydrogen-bond acceptors (Lipinski definition) is 17. The van der Waals surface area contributed by atoms with E-state index < -0.39 is 89.8 Å². The Morgan fingerprint density at radius 2 is 1.74 bits per heavy atom. The summed E-state index contributed by atoms with van der Waals surface area (Å²) in [5.41, 5.74) is 10.1. The molecule has 252 valence electrons. The summed E-state index contributed by atoms with van der Waals surface area (Å²) in [5, 5.41) is 31.5. The Morgan fingerprint density at radius 3 is 2.43 bits per heavy atom. The van der Waals surface area contributed by atoms with E-state index in [2.05, 4.69) is 24.9 Å². The van der Waals surface area contributed by atoms with Crippen LogP contribution in [0.5, 0.6) is 0 Å². The molecule has 0 spiro atoms. The lowest BCUT2D eigenvalue weighted by Crippen LogP contribution is -2.36. The molecule has 0 saturated carbocycles. The van der Waals surface area contributed by atoms with Crippen molar-refractivity contribution in [1.29, 1.82) is 0 Å². The van der Waals surface area contributed by atoms with Crippen molar-refractivity contribution in [1.82, 2.24) is 34.1 Å². The van der Waals surface area contributed by atoms with Crippen LogP contribution in [0, 0.1) is 0 Å². The quantitative estimate of drug-likeness (QED) is 0.0736. The highest BCUT2D eigenvalue weighted by molar-refractivity contribution is 7.47. The highest BCUT2D eigenvalue weighted by Gasteiger charge is 2.53. The standard InChI is InChI=1S/C22H25N9O14P2/c23-16(35)7-1-2-25-17-10(7)26-5-30(17)20-13(34)14(44-46(37)38)9(43-20)4-41-47(39,40)45-15-12(33)8(3-32)42-21(15)31-6-27-11-18(31)28-22(24)29-19(11)36/h1-2,5-6,8-9,12-15,20-21,32-34H,3-4H2,(H6-,23,24,28,29,35,36,37,38,39,40)/p+1/t8-,9-,12-,13-,14-,15-,20-,21-/m1/s1. The number of pyridine rings is 1. The van der Waals surface area contributed by atoms with Crippen LogP contribution in [0.25, 0.3) is 22.3 Å².